The van der Waals surface area contributed by atoms with Crippen molar-refractivity contribution in [2.24, 2.45) is 7.05 Å². The van der Waals surface area contributed by atoms with E-state index in [1.165, 1.54) is 4.57 Å². The van der Waals surface area contributed by atoms with Gasteiger partial charge in [0.05, 0.1) is 57.0 Å². The van der Waals surface area contributed by atoms with Gasteiger partial charge in [-0.3, -0.25) is 19.5 Å². The summed E-state index contributed by atoms with van der Waals surface area (Å²) in [4.78, 5) is 8.95. The van der Waals surface area contributed by atoms with E-state index in [0.717, 1.165) is 56.2 Å². The number of methoxy groups -OCH3 is 2. The van der Waals surface area contributed by atoms with Crippen molar-refractivity contribution in [1.29, 1.82) is 0 Å². The minimum Gasteiger partial charge on any atom is -0.495 e. The summed E-state index contributed by atoms with van der Waals surface area (Å²) < 4.78 is 72.7. The molecule has 5 rings (SSSR count). The first-order valence-corrected chi connectivity index (χ1v) is 15.8. The third kappa shape index (κ3) is 6.29. The van der Waals surface area contributed by atoms with Gasteiger partial charge in [0.15, 0.2) is 11.3 Å². The van der Waals surface area contributed by atoms with Gasteiger partial charge in [0.1, 0.15) is 17.3 Å². The van der Waals surface area contributed by atoms with Gasteiger partial charge in [-0.15, -0.1) is 0 Å². The number of benzene rings is 1. The molecule has 1 saturated heterocycles. The molecule has 13 heteroatoms. The summed E-state index contributed by atoms with van der Waals surface area (Å²) in [6.07, 6.45) is 5.26. The van der Waals surface area contributed by atoms with Gasteiger partial charge in [-0.25, -0.2) is 21.8 Å². The van der Waals surface area contributed by atoms with E-state index in [4.69, 9.17) is 9.47 Å². The number of sulfonamides is 1. The van der Waals surface area contributed by atoms with Gasteiger partial charge in [0, 0.05) is 56.3 Å². The average molecular weight is 616 g/mol. The minimum absolute atomic E-state index is 0.183. The third-order valence-corrected chi connectivity index (χ3v) is 9.18. The fraction of sp³-hybridized carbons (Fsp3) is 0.400. The Hall–Kier alpha value is -3.81. The zero-order chi connectivity index (χ0) is 30.7. The highest BCUT2D eigenvalue weighted by Crippen LogP contribution is 2.36. The van der Waals surface area contributed by atoms with Crippen LogP contribution in [0.3, 0.4) is 0 Å². The van der Waals surface area contributed by atoms with Crippen LogP contribution in [0.2, 0.25) is 0 Å². The van der Waals surface area contributed by atoms with Crippen LogP contribution in [-0.4, -0.2) is 82.2 Å². The van der Waals surface area contributed by atoms with Crippen molar-refractivity contribution >= 4 is 32.6 Å². The molecular weight excluding hydrogens is 578 g/mol. The lowest BCUT2D eigenvalue weighted by Gasteiger charge is -2.31. The number of hydrogen-bond acceptors (Lipinski definition) is 7. The van der Waals surface area contributed by atoms with Crippen molar-refractivity contribution in [2.75, 3.05) is 68.9 Å². The topological polar surface area (TPSA) is 92.8 Å². The summed E-state index contributed by atoms with van der Waals surface area (Å²) in [5, 5.41) is 0. The average Bonchev–Trinajstić information content (AvgIpc) is 3.38. The van der Waals surface area contributed by atoms with E-state index in [-0.39, 0.29) is 17.1 Å². The summed E-state index contributed by atoms with van der Waals surface area (Å²) in [5.74, 6) is -0.532. The predicted molar refractivity (Wildman–Crippen MR) is 162 cm³/mol. The van der Waals surface area contributed by atoms with Gasteiger partial charge in [-0.2, -0.15) is 0 Å². The van der Waals surface area contributed by atoms with Crippen molar-refractivity contribution in [2.45, 2.75) is 13.3 Å². The van der Waals surface area contributed by atoms with E-state index < -0.39 is 21.7 Å². The molecule has 1 aliphatic heterocycles. The first kappa shape index (κ1) is 30.6. The van der Waals surface area contributed by atoms with Crippen molar-refractivity contribution in [3.05, 3.63) is 60.6 Å². The number of aryl methyl sites for hydroxylation is 1. The molecule has 4 heterocycles. The quantitative estimate of drug-likeness (QED) is 0.257. The van der Waals surface area contributed by atoms with E-state index >= 15 is 8.78 Å². The van der Waals surface area contributed by atoms with Crippen LogP contribution in [0.5, 0.6) is 5.75 Å². The van der Waals surface area contributed by atoms with Gasteiger partial charge in [-0.1, -0.05) is 6.92 Å². The Kier molecular flexibility index (Phi) is 9.13. The lowest BCUT2D eigenvalue weighted by molar-refractivity contribution is -0.631. The lowest BCUT2D eigenvalue weighted by atomic mass is 10.1. The summed E-state index contributed by atoms with van der Waals surface area (Å²) in [6.45, 7) is 6.64. The SMILES string of the molecule is CCCS(=O)(=O)Nc1ccc(F)c(-n2cc(-c3cncc(OC)c3)c3c2ccc(N2CCN(CCOC)CC2)[n+]3C)c1F. The largest absolute Gasteiger partial charge is 0.495 e. The summed E-state index contributed by atoms with van der Waals surface area (Å²) >= 11 is 0. The van der Waals surface area contributed by atoms with Crippen LogP contribution < -0.4 is 18.9 Å². The van der Waals surface area contributed by atoms with Crippen molar-refractivity contribution in [3.63, 3.8) is 0 Å². The molecule has 0 saturated carbocycles. The van der Waals surface area contributed by atoms with Crippen LogP contribution in [-0.2, 0) is 21.8 Å². The summed E-state index contributed by atoms with van der Waals surface area (Å²) in [5.41, 5.74) is 1.94. The highest BCUT2D eigenvalue weighted by Gasteiger charge is 2.29. The predicted octanol–water partition coefficient (Wildman–Crippen LogP) is 3.72. The molecule has 10 nitrogen and oxygen atoms in total. The number of hydrogen-bond donors (Lipinski definition) is 1. The molecule has 0 radical (unpaired) electrons. The Morgan fingerprint density at radius 2 is 1.84 bits per heavy atom. The molecule has 1 aromatic carbocycles. The molecule has 1 fully saturated rings. The van der Waals surface area contributed by atoms with E-state index in [9.17, 15) is 8.42 Å². The number of aromatic nitrogens is 3. The maximum atomic E-state index is 16.0. The van der Waals surface area contributed by atoms with Crippen LogP contribution in [0.15, 0.2) is 48.9 Å². The number of pyridine rings is 2. The molecule has 230 valence electrons. The lowest BCUT2D eigenvalue weighted by Crippen LogP contribution is -2.51. The molecule has 0 atom stereocenters. The maximum Gasteiger partial charge on any atom is 0.277 e. The van der Waals surface area contributed by atoms with Crippen molar-refractivity contribution in [1.82, 2.24) is 14.5 Å². The van der Waals surface area contributed by atoms with E-state index in [2.05, 4.69) is 19.5 Å². The van der Waals surface area contributed by atoms with Crippen LogP contribution in [0.4, 0.5) is 20.3 Å². The van der Waals surface area contributed by atoms with Gasteiger partial charge in [-0.05, 0) is 30.7 Å². The Morgan fingerprint density at radius 3 is 2.53 bits per heavy atom. The second kappa shape index (κ2) is 12.8. The number of nitrogens with zero attached hydrogens (tertiary/aromatic N) is 5. The number of anilines is 2. The normalized spacial score (nSPS) is 14.4. The number of rotatable bonds is 11. The van der Waals surface area contributed by atoms with E-state index in [1.54, 1.807) is 39.7 Å². The first-order valence-electron chi connectivity index (χ1n) is 14.2. The number of halogens is 2. The Bertz CT molecular complexity index is 1720. The fourth-order valence-electron chi connectivity index (χ4n) is 5.54. The first-order chi connectivity index (χ1) is 20.7. The van der Waals surface area contributed by atoms with Gasteiger partial charge in [0.2, 0.25) is 10.0 Å². The second-order valence-corrected chi connectivity index (χ2v) is 12.4. The molecule has 0 spiro atoms. The highest BCUT2D eigenvalue weighted by molar-refractivity contribution is 7.92. The maximum absolute atomic E-state index is 16.0. The number of piperazine rings is 1. The zero-order valence-electron chi connectivity index (χ0n) is 24.8. The number of nitrogens with one attached hydrogen (secondary N) is 1. The van der Waals surface area contributed by atoms with Gasteiger partial charge >= 0.3 is 0 Å². The standard InChI is InChI=1S/C30H37F2N6O4S/c1-5-16-43(39,40)34-25-7-6-24(31)30(28(25)32)38-20-23(21-17-22(42-4)19-33-18-21)29-26(38)8-9-27(35(29)2)37-12-10-36(11-13-37)14-15-41-3/h6-9,17-20,34H,5,10-16H2,1-4H3/q+1. The van der Waals surface area contributed by atoms with Crippen LogP contribution in [0.1, 0.15) is 13.3 Å². The van der Waals surface area contributed by atoms with Crippen LogP contribution in [0.25, 0.3) is 27.8 Å². The van der Waals surface area contributed by atoms with Crippen LogP contribution >= 0.6 is 0 Å². The van der Waals surface area contributed by atoms with Crippen molar-refractivity contribution < 1.29 is 31.2 Å². The third-order valence-electron chi connectivity index (χ3n) is 7.70. The molecule has 0 bridgehead atoms. The number of ether oxygens (including phenoxy) is 2. The fourth-order valence-corrected chi connectivity index (χ4v) is 6.68. The van der Waals surface area contributed by atoms with Crippen LogP contribution in [0, 0.1) is 11.6 Å². The summed E-state index contributed by atoms with van der Waals surface area (Å²) in [7, 11) is 1.37. The molecular formula is C30H37F2N6O4S+. The molecule has 1 N–H and O–H groups in total. The van der Waals surface area contributed by atoms with Crippen molar-refractivity contribution in [3.8, 4) is 22.6 Å². The molecule has 1 aliphatic rings. The zero-order valence-corrected chi connectivity index (χ0v) is 25.6. The number of fused-ring (bicyclic) bond motifs is 1. The minimum atomic E-state index is -3.80. The Balaban J connectivity index is 1.66. The molecule has 4 aromatic rings. The van der Waals surface area contributed by atoms with E-state index in [1.807, 2.05) is 29.8 Å². The van der Waals surface area contributed by atoms with E-state index in [0.29, 0.717) is 35.4 Å². The molecule has 0 amide bonds. The Morgan fingerprint density at radius 1 is 1.07 bits per heavy atom. The highest BCUT2D eigenvalue weighted by atomic mass is 32.2. The molecule has 3 aromatic heterocycles. The van der Waals surface area contributed by atoms with Gasteiger partial charge < -0.3 is 14.0 Å². The molecule has 43 heavy (non-hydrogen) atoms. The monoisotopic (exact) mass is 615 g/mol. The molecule has 0 unspecified atom stereocenters. The van der Waals surface area contributed by atoms with Gasteiger partial charge in [0.25, 0.3) is 5.82 Å². The molecule has 0 aliphatic carbocycles. The Labute approximate surface area is 250 Å². The smallest absolute Gasteiger partial charge is 0.277 e. The second-order valence-electron chi connectivity index (χ2n) is 10.5. The summed E-state index contributed by atoms with van der Waals surface area (Å²) in [6, 6.07) is 7.77.